The van der Waals surface area contributed by atoms with Gasteiger partial charge in [-0.15, -0.1) is 0 Å². The lowest BCUT2D eigenvalue weighted by Crippen LogP contribution is -2.49. The fraction of sp³-hybridized carbons (Fsp3) is 0.308. The number of hydrogen-bond donors (Lipinski definition) is 2. The van der Waals surface area contributed by atoms with Crippen LogP contribution in [0.3, 0.4) is 0 Å². The summed E-state index contributed by atoms with van der Waals surface area (Å²) in [6.45, 7) is 3.08. The number of rotatable bonds is 6. The van der Waals surface area contributed by atoms with E-state index < -0.39 is 10.0 Å². The Labute approximate surface area is 211 Å². The first-order chi connectivity index (χ1) is 17.5. The van der Waals surface area contributed by atoms with Gasteiger partial charge in [-0.3, -0.25) is 9.52 Å². The Hall–Kier alpha value is -3.79. The number of aromatic nitrogens is 1. The summed E-state index contributed by atoms with van der Waals surface area (Å²) in [7, 11) is -2.13. The maximum atomic E-state index is 13.1. The number of benzene rings is 1. The summed E-state index contributed by atoms with van der Waals surface area (Å²) in [5.74, 6) is 1.50. The highest BCUT2D eigenvalue weighted by Gasteiger charge is 2.27. The predicted molar refractivity (Wildman–Crippen MR) is 139 cm³/mol. The topological polar surface area (TPSA) is 104 Å². The maximum Gasteiger partial charge on any atom is 0.263 e. The molecule has 10 heteroatoms. The molecule has 188 valence electrons. The summed E-state index contributed by atoms with van der Waals surface area (Å²) in [6, 6.07) is 8.93. The molecule has 1 aliphatic carbocycles. The number of para-hydroxylation sites is 1. The number of fused-ring (bicyclic) bond motifs is 1. The zero-order chi connectivity index (χ0) is 25.1. The standard InChI is InChI=1S/C26H29N5O4S/c1-35-22-7-4-14-28-25(22)30-15-17-31(18-16-30)26(32)20-9-11-21(12-10-20)29-36(33,34)23-8-2-5-19-6-3-13-27-24(19)23/h2-9,11,14,27,29H,10,12-13,15-18H2,1H3. The largest absolute Gasteiger partial charge is 0.493 e. The van der Waals surface area contributed by atoms with Crippen LogP contribution in [0.5, 0.6) is 5.75 Å². The molecule has 1 fully saturated rings. The molecule has 1 aromatic heterocycles. The van der Waals surface area contributed by atoms with Crippen LogP contribution in [0.4, 0.5) is 11.5 Å². The first-order valence-electron chi connectivity index (χ1n) is 12.0. The van der Waals surface area contributed by atoms with Crippen molar-refractivity contribution in [3.8, 4) is 5.75 Å². The molecule has 1 saturated heterocycles. The van der Waals surface area contributed by atoms with Gasteiger partial charge in [0.05, 0.1) is 12.8 Å². The summed E-state index contributed by atoms with van der Waals surface area (Å²) >= 11 is 0. The molecule has 3 heterocycles. The number of carbonyl (C=O) groups is 1. The molecule has 0 spiro atoms. The lowest BCUT2D eigenvalue weighted by Gasteiger charge is -2.36. The smallest absolute Gasteiger partial charge is 0.263 e. The van der Waals surface area contributed by atoms with Crippen LogP contribution in [-0.4, -0.2) is 64.0 Å². The Balaban J connectivity index is 1.23. The van der Waals surface area contributed by atoms with Crippen molar-refractivity contribution in [2.24, 2.45) is 0 Å². The van der Waals surface area contributed by atoms with Crippen molar-refractivity contribution in [2.45, 2.75) is 17.7 Å². The van der Waals surface area contributed by atoms with Gasteiger partial charge in [0.25, 0.3) is 10.0 Å². The highest BCUT2D eigenvalue weighted by atomic mass is 32.2. The second-order valence-corrected chi connectivity index (χ2v) is 10.5. The fourth-order valence-electron chi connectivity index (χ4n) is 4.68. The van der Waals surface area contributed by atoms with Crippen LogP contribution in [-0.2, 0) is 14.8 Å². The summed E-state index contributed by atoms with van der Waals surface area (Å²) in [5, 5.41) is 3.15. The van der Waals surface area contributed by atoms with Gasteiger partial charge in [-0.25, -0.2) is 13.4 Å². The van der Waals surface area contributed by atoms with E-state index >= 15 is 0 Å². The van der Waals surface area contributed by atoms with E-state index in [-0.39, 0.29) is 10.8 Å². The Kier molecular flexibility index (Phi) is 6.69. The number of allylic oxidation sites excluding steroid dienone is 3. The second-order valence-electron chi connectivity index (χ2n) is 8.80. The molecule has 0 bridgehead atoms. The summed E-state index contributed by atoms with van der Waals surface area (Å²) < 4.78 is 34.3. The number of nitrogens with one attached hydrogen (secondary N) is 2. The van der Waals surface area contributed by atoms with E-state index in [0.717, 1.165) is 17.1 Å². The van der Waals surface area contributed by atoms with Gasteiger partial charge >= 0.3 is 0 Å². The molecule has 2 aliphatic heterocycles. The van der Waals surface area contributed by atoms with Gasteiger partial charge in [-0.1, -0.05) is 30.4 Å². The predicted octanol–water partition coefficient (Wildman–Crippen LogP) is 2.76. The minimum absolute atomic E-state index is 0.00564. The molecule has 0 saturated carbocycles. The van der Waals surface area contributed by atoms with Crippen molar-refractivity contribution >= 4 is 33.5 Å². The van der Waals surface area contributed by atoms with Crippen molar-refractivity contribution in [3.63, 3.8) is 0 Å². The Morgan fingerprint density at radius 3 is 2.67 bits per heavy atom. The number of ether oxygens (including phenoxy) is 1. The Morgan fingerprint density at radius 2 is 1.92 bits per heavy atom. The van der Waals surface area contributed by atoms with Gasteiger partial charge in [-0.05, 0) is 42.7 Å². The minimum Gasteiger partial charge on any atom is -0.493 e. The molecule has 0 radical (unpaired) electrons. The third kappa shape index (κ3) is 4.81. The number of hydrogen-bond acceptors (Lipinski definition) is 7. The number of pyridine rings is 1. The monoisotopic (exact) mass is 507 g/mol. The third-order valence-corrected chi connectivity index (χ3v) is 8.02. The van der Waals surface area contributed by atoms with Gasteiger partial charge in [0, 0.05) is 50.2 Å². The number of anilines is 2. The molecule has 5 rings (SSSR count). The number of carbonyl (C=O) groups excluding carboxylic acids is 1. The van der Waals surface area contributed by atoms with Gasteiger partial charge in [0.1, 0.15) is 4.90 Å². The van der Waals surface area contributed by atoms with E-state index in [1.54, 1.807) is 37.6 Å². The lowest BCUT2D eigenvalue weighted by atomic mass is 10.0. The zero-order valence-corrected chi connectivity index (χ0v) is 20.9. The molecule has 3 aliphatic rings. The van der Waals surface area contributed by atoms with Gasteiger partial charge < -0.3 is 19.9 Å². The van der Waals surface area contributed by atoms with E-state index in [1.165, 1.54) is 0 Å². The number of nitrogens with zero attached hydrogens (tertiary/aromatic N) is 3. The zero-order valence-electron chi connectivity index (χ0n) is 20.1. The van der Waals surface area contributed by atoms with Crippen LogP contribution in [0.15, 0.2) is 70.9 Å². The van der Waals surface area contributed by atoms with Crippen LogP contribution in [0.2, 0.25) is 0 Å². The lowest BCUT2D eigenvalue weighted by molar-refractivity contribution is -0.127. The summed E-state index contributed by atoms with van der Waals surface area (Å²) in [4.78, 5) is 21.7. The van der Waals surface area contributed by atoms with Crippen LogP contribution >= 0.6 is 0 Å². The van der Waals surface area contributed by atoms with E-state index in [1.807, 2.05) is 35.3 Å². The van der Waals surface area contributed by atoms with Gasteiger partial charge in [-0.2, -0.15) is 0 Å². The number of methoxy groups -OCH3 is 1. The molecular weight excluding hydrogens is 478 g/mol. The molecule has 0 atom stereocenters. The van der Waals surface area contributed by atoms with E-state index in [4.69, 9.17) is 4.74 Å². The van der Waals surface area contributed by atoms with Crippen molar-refractivity contribution in [3.05, 3.63) is 71.6 Å². The third-order valence-electron chi connectivity index (χ3n) is 6.57. The van der Waals surface area contributed by atoms with Crippen molar-refractivity contribution in [1.29, 1.82) is 0 Å². The first-order valence-corrected chi connectivity index (χ1v) is 13.4. The minimum atomic E-state index is -3.76. The van der Waals surface area contributed by atoms with Gasteiger partial charge in [0.2, 0.25) is 5.91 Å². The highest BCUT2D eigenvalue weighted by molar-refractivity contribution is 7.89. The Morgan fingerprint density at radius 1 is 1.08 bits per heavy atom. The normalized spacial score (nSPS) is 17.5. The van der Waals surface area contributed by atoms with Crippen LogP contribution in [0.1, 0.15) is 18.4 Å². The molecular formula is C26H29N5O4S. The average Bonchev–Trinajstić information content (AvgIpc) is 2.92. The van der Waals surface area contributed by atoms with Crippen molar-refractivity contribution in [1.82, 2.24) is 14.6 Å². The molecule has 9 nitrogen and oxygen atoms in total. The van der Waals surface area contributed by atoms with E-state index in [0.29, 0.717) is 62.5 Å². The van der Waals surface area contributed by atoms with Crippen LogP contribution in [0, 0.1) is 0 Å². The van der Waals surface area contributed by atoms with Crippen molar-refractivity contribution < 1.29 is 17.9 Å². The van der Waals surface area contributed by atoms with Crippen LogP contribution < -0.4 is 19.7 Å². The summed E-state index contributed by atoms with van der Waals surface area (Å²) in [6.07, 6.45) is 9.97. The number of sulfonamides is 1. The summed E-state index contributed by atoms with van der Waals surface area (Å²) in [5.41, 5.74) is 2.71. The Bertz CT molecular complexity index is 1360. The quantitative estimate of drug-likeness (QED) is 0.620. The maximum absolute atomic E-state index is 13.1. The number of amides is 1. The molecule has 0 unspecified atom stereocenters. The van der Waals surface area contributed by atoms with E-state index in [9.17, 15) is 13.2 Å². The van der Waals surface area contributed by atoms with Crippen molar-refractivity contribution in [2.75, 3.05) is 50.1 Å². The second kappa shape index (κ2) is 10.1. The van der Waals surface area contributed by atoms with Crippen LogP contribution in [0.25, 0.3) is 6.08 Å². The average molecular weight is 508 g/mol. The highest BCUT2D eigenvalue weighted by Crippen LogP contribution is 2.30. The first kappa shape index (κ1) is 23.9. The van der Waals surface area contributed by atoms with E-state index in [2.05, 4.69) is 19.9 Å². The molecule has 36 heavy (non-hydrogen) atoms. The molecule has 2 N–H and O–H groups in total. The van der Waals surface area contributed by atoms with Gasteiger partial charge in [0.15, 0.2) is 11.6 Å². The molecule has 1 aromatic carbocycles. The SMILES string of the molecule is COc1cccnc1N1CCN(C(=O)C2=CC=C(NS(=O)(=O)c3cccc4c3NCC=C4)CC2)CC1. The molecule has 2 aromatic rings. The number of piperazine rings is 1. The fourth-order valence-corrected chi connectivity index (χ4v) is 6.02. The molecule has 1 amide bonds.